The molecule has 1 aromatic rings. The van der Waals surface area contributed by atoms with E-state index in [1.807, 2.05) is 6.20 Å². The van der Waals surface area contributed by atoms with Crippen molar-refractivity contribution in [3.8, 4) is 0 Å². The average molecular weight is 556 g/mol. The minimum Gasteiger partial charge on any atom is -1.00 e. The molecule has 0 aliphatic rings. The molecular formula is C10H20I3LiN2. The van der Waals surface area contributed by atoms with Gasteiger partial charge in [-0.1, -0.05) is 19.8 Å². The van der Waals surface area contributed by atoms with Crippen molar-refractivity contribution in [2.75, 3.05) is 0 Å². The van der Waals surface area contributed by atoms with Gasteiger partial charge in [0.05, 0.1) is 6.54 Å². The summed E-state index contributed by atoms with van der Waals surface area (Å²) in [5, 5.41) is 0. The Morgan fingerprint density at radius 1 is 1.19 bits per heavy atom. The first-order chi connectivity index (χ1) is 5.84. The van der Waals surface area contributed by atoms with Crippen molar-refractivity contribution < 1.29 is 71.4 Å². The summed E-state index contributed by atoms with van der Waals surface area (Å²) in [4.78, 5) is 3.17. The van der Waals surface area contributed by atoms with Gasteiger partial charge in [-0.15, -0.1) is 24.0 Å². The molecule has 0 aliphatic heterocycles. The van der Waals surface area contributed by atoms with Crippen LogP contribution >= 0.6 is 24.0 Å². The van der Waals surface area contributed by atoms with Gasteiger partial charge in [0.1, 0.15) is 12.4 Å². The summed E-state index contributed by atoms with van der Waals surface area (Å²) in [6.07, 6.45) is 9.45. The van der Waals surface area contributed by atoms with E-state index in [4.69, 9.17) is 0 Å². The number of aromatic amines is 1. The van der Waals surface area contributed by atoms with E-state index in [0.717, 1.165) is 6.54 Å². The summed E-state index contributed by atoms with van der Waals surface area (Å²) < 4.78 is 2.27. The molecule has 1 rings (SSSR count). The minimum absolute atomic E-state index is 0. The quantitative estimate of drug-likeness (QED) is 0.162. The van der Waals surface area contributed by atoms with E-state index in [0.29, 0.717) is 0 Å². The normalized spacial score (nSPS) is 7.88. The largest absolute Gasteiger partial charge is 1.00 e. The van der Waals surface area contributed by atoms with Crippen molar-refractivity contribution in [3.05, 3.63) is 18.2 Å². The Labute approximate surface area is 162 Å². The van der Waals surface area contributed by atoms with Gasteiger partial charge >= 0.3 is 18.9 Å². The molecule has 1 heterocycles. The second kappa shape index (κ2) is 17.0. The predicted octanol–water partition coefficient (Wildman–Crippen LogP) is -6.18. The van der Waals surface area contributed by atoms with Crippen LogP contribution in [0.3, 0.4) is 0 Å². The first-order valence-electron chi connectivity index (χ1n) is 4.88. The fourth-order valence-corrected chi connectivity index (χ4v) is 1.39. The molecule has 0 aromatic carbocycles. The summed E-state index contributed by atoms with van der Waals surface area (Å²) in [5.74, 6) is 1.26. The van der Waals surface area contributed by atoms with E-state index in [9.17, 15) is 0 Å². The van der Waals surface area contributed by atoms with Crippen LogP contribution in [0, 0.1) is 6.92 Å². The number of imidazole rings is 1. The maximum atomic E-state index is 3.17. The number of nitrogens with zero attached hydrogens (tertiary/aromatic N) is 1. The SMILES string of the molecule is CCCCCC[n+]1cc[nH]c1C.I.[I-].[I-].[Li+]. The van der Waals surface area contributed by atoms with Crippen molar-refractivity contribution >= 4 is 24.0 Å². The fourth-order valence-electron chi connectivity index (χ4n) is 1.39. The van der Waals surface area contributed by atoms with Gasteiger partial charge in [-0.3, -0.25) is 0 Å². The number of nitrogens with one attached hydrogen (secondary N) is 1. The van der Waals surface area contributed by atoms with Crippen molar-refractivity contribution in [1.29, 1.82) is 0 Å². The Hall–Kier alpha value is 2.00. The van der Waals surface area contributed by atoms with Crippen LogP contribution in [0.25, 0.3) is 0 Å². The fraction of sp³-hybridized carbons (Fsp3) is 0.700. The maximum absolute atomic E-state index is 3.17. The molecule has 0 unspecified atom stereocenters. The topological polar surface area (TPSA) is 19.7 Å². The Kier molecular flexibility index (Phi) is 28.2. The number of aryl methyl sites for hydroxylation is 2. The first kappa shape index (κ1) is 26.5. The third kappa shape index (κ3) is 11.1. The molecule has 0 saturated heterocycles. The van der Waals surface area contributed by atoms with Gasteiger partial charge in [-0.05, 0) is 12.8 Å². The number of aromatic nitrogens is 2. The zero-order valence-electron chi connectivity index (χ0n) is 10.3. The van der Waals surface area contributed by atoms with E-state index in [1.54, 1.807) is 0 Å². The summed E-state index contributed by atoms with van der Waals surface area (Å²) >= 11 is 0. The minimum atomic E-state index is 0. The number of hydrogen-bond acceptors (Lipinski definition) is 0. The molecule has 2 nitrogen and oxygen atoms in total. The molecule has 92 valence electrons. The molecule has 0 bridgehead atoms. The van der Waals surface area contributed by atoms with E-state index >= 15 is 0 Å². The molecule has 1 aromatic heterocycles. The van der Waals surface area contributed by atoms with Crippen LogP contribution in [0.2, 0.25) is 0 Å². The van der Waals surface area contributed by atoms with Gasteiger partial charge in [0.25, 0.3) is 5.82 Å². The molecule has 0 spiro atoms. The Bertz CT molecular complexity index is 232. The smallest absolute Gasteiger partial charge is 1.00 e. The number of hydrogen-bond donors (Lipinski definition) is 1. The molecular weight excluding hydrogens is 536 g/mol. The van der Waals surface area contributed by atoms with Crippen molar-refractivity contribution in [1.82, 2.24) is 4.98 Å². The molecule has 0 fully saturated rings. The number of H-pyrrole nitrogens is 1. The van der Waals surface area contributed by atoms with Gasteiger partial charge in [-0.2, -0.15) is 0 Å². The van der Waals surface area contributed by atoms with Crippen LogP contribution in [0.15, 0.2) is 12.4 Å². The van der Waals surface area contributed by atoms with Crippen LogP contribution in [0.4, 0.5) is 0 Å². The van der Waals surface area contributed by atoms with Gasteiger partial charge in [0, 0.05) is 6.92 Å². The van der Waals surface area contributed by atoms with Gasteiger partial charge in [-0.25, -0.2) is 9.55 Å². The Morgan fingerprint density at radius 3 is 2.25 bits per heavy atom. The molecule has 0 saturated carbocycles. The Balaban J connectivity index is -0.000000180. The first-order valence-corrected chi connectivity index (χ1v) is 4.88. The van der Waals surface area contributed by atoms with Gasteiger partial charge < -0.3 is 48.0 Å². The van der Waals surface area contributed by atoms with Crippen LogP contribution in [-0.4, -0.2) is 4.98 Å². The van der Waals surface area contributed by atoms with Crippen LogP contribution in [-0.2, 0) is 6.54 Å². The summed E-state index contributed by atoms with van der Waals surface area (Å²) in [7, 11) is 0. The number of unbranched alkanes of at least 4 members (excludes halogenated alkanes) is 3. The van der Waals surface area contributed by atoms with Crippen molar-refractivity contribution in [2.24, 2.45) is 0 Å². The van der Waals surface area contributed by atoms with E-state index in [-0.39, 0.29) is 90.8 Å². The van der Waals surface area contributed by atoms with Crippen molar-refractivity contribution in [2.45, 2.75) is 46.1 Å². The number of rotatable bonds is 5. The summed E-state index contributed by atoms with van der Waals surface area (Å²) in [6.45, 7) is 5.52. The van der Waals surface area contributed by atoms with Crippen molar-refractivity contribution in [3.63, 3.8) is 0 Å². The van der Waals surface area contributed by atoms with E-state index < -0.39 is 0 Å². The van der Waals surface area contributed by atoms with E-state index in [2.05, 4.69) is 29.6 Å². The zero-order chi connectivity index (χ0) is 8.81. The molecule has 6 heteroatoms. The molecule has 0 aliphatic carbocycles. The summed E-state index contributed by atoms with van der Waals surface area (Å²) in [6, 6.07) is 0. The van der Waals surface area contributed by atoms with Crippen LogP contribution < -0.4 is 71.4 Å². The summed E-state index contributed by atoms with van der Waals surface area (Å²) in [5.41, 5.74) is 0. The maximum Gasteiger partial charge on any atom is 1.00 e. The molecule has 0 radical (unpaired) electrons. The standard InChI is InChI=1S/C10H18N2.3HI.Li/c1-3-4-5-6-8-12-9-7-11-10(12)2;;;;/h7,9H,3-6,8H2,1-2H3;3*1H;/q;;;;+1/p-1. The zero-order valence-corrected chi connectivity index (χ0v) is 16.9. The molecule has 1 N–H and O–H groups in total. The van der Waals surface area contributed by atoms with E-state index in [1.165, 1.54) is 31.5 Å². The second-order valence-corrected chi connectivity index (χ2v) is 3.30. The van der Waals surface area contributed by atoms with Crippen LogP contribution in [0.1, 0.15) is 38.4 Å². The molecule has 0 atom stereocenters. The van der Waals surface area contributed by atoms with Crippen LogP contribution in [0.5, 0.6) is 0 Å². The van der Waals surface area contributed by atoms with Gasteiger partial charge in [0.2, 0.25) is 0 Å². The third-order valence-electron chi connectivity index (χ3n) is 2.23. The predicted molar refractivity (Wildman–Crippen MR) is 65.3 cm³/mol. The second-order valence-electron chi connectivity index (χ2n) is 3.30. The average Bonchev–Trinajstić information content (AvgIpc) is 2.46. The van der Waals surface area contributed by atoms with Gasteiger partial charge in [0.15, 0.2) is 0 Å². The Morgan fingerprint density at radius 2 is 1.81 bits per heavy atom. The monoisotopic (exact) mass is 556 g/mol. The number of halogens is 3. The third-order valence-corrected chi connectivity index (χ3v) is 2.23. The molecule has 0 amide bonds. The molecule has 16 heavy (non-hydrogen) atoms.